The molecule has 0 aliphatic carbocycles. The van der Waals surface area contributed by atoms with Crippen molar-refractivity contribution in [2.24, 2.45) is 0 Å². The summed E-state index contributed by atoms with van der Waals surface area (Å²) in [5.74, 6) is -2.37. The number of ether oxygens (including phenoxy) is 1. The normalized spacial score (nSPS) is 10.2. The van der Waals surface area contributed by atoms with E-state index in [4.69, 9.17) is 14.9 Å². The highest BCUT2D eigenvalue weighted by Crippen LogP contribution is 2.02. The highest BCUT2D eigenvalue weighted by atomic mass is 16.5. The third kappa shape index (κ3) is 14.4. The molecule has 1 amide bonds. The minimum Gasteiger partial charge on any atom is -0.481 e. The van der Waals surface area contributed by atoms with Gasteiger partial charge in [-0.15, -0.1) is 0 Å². The molecule has 0 heterocycles. The number of hydrogen-bond acceptors (Lipinski definition) is 5. The van der Waals surface area contributed by atoms with E-state index in [1.165, 1.54) is 0 Å². The molecule has 0 aromatic rings. The third-order valence-electron chi connectivity index (χ3n) is 2.75. The molecule has 0 aliphatic rings. The number of unbranched alkanes of at least 4 members (excludes halogenated alkanes) is 1. The van der Waals surface area contributed by atoms with Crippen LogP contribution in [0.5, 0.6) is 0 Å². The summed E-state index contributed by atoms with van der Waals surface area (Å²) in [6.07, 6.45) is 1.38. The summed E-state index contributed by atoms with van der Waals surface area (Å²) in [6.45, 7) is 1.10. The maximum absolute atomic E-state index is 11.3. The summed E-state index contributed by atoms with van der Waals surface area (Å²) in [5, 5.41) is 19.4. The Labute approximate surface area is 128 Å². The van der Waals surface area contributed by atoms with Gasteiger partial charge in [0.25, 0.3) is 0 Å². The van der Waals surface area contributed by atoms with Gasteiger partial charge in [-0.2, -0.15) is 0 Å². The number of hydrogen-bond donors (Lipinski definition) is 3. The largest absolute Gasteiger partial charge is 0.481 e. The summed E-state index contributed by atoms with van der Waals surface area (Å²) in [6, 6.07) is 0. The van der Waals surface area contributed by atoms with Gasteiger partial charge >= 0.3 is 11.9 Å². The Kier molecular flexibility index (Phi) is 11.6. The van der Waals surface area contributed by atoms with E-state index in [2.05, 4.69) is 5.32 Å². The molecule has 0 unspecified atom stereocenters. The predicted octanol–water partition coefficient (Wildman–Crippen LogP) is 0.588. The van der Waals surface area contributed by atoms with E-state index in [1.54, 1.807) is 0 Å². The summed E-state index contributed by atoms with van der Waals surface area (Å²) < 4.78 is 5.25. The molecular weight excluding hydrogens is 294 g/mol. The van der Waals surface area contributed by atoms with Crippen LogP contribution in [0.4, 0.5) is 0 Å². The first-order valence-electron chi connectivity index (χ1n) is 7.21. The molecule has 0 aromatic carbocycles. The topological polar surface area (TPSA) is 130 Å². The first-order chi connectivity index (χ1) is 10.4. The highest BCUT2D eigenvalue weighted by molar-refractivity contribution is 5.82. The van der Waals surface area contributed by atoms with Crippen LogP contribution in [-0.4, -0.2) is 53.6 Å². The molecule has 0 saturated heterocycles. The SMILES string of the molecule is O=C(O)CCC(=O)CCCCOCCNC(=O)CCC(=O)O. The van der Waals surface area contributed by atoms with Crippen LogP contribution in [0.3, 0.4) is 0 Å². The monoisotopic (exact) mass is 317 g/mol. The molecule has 0 atom stereocenters. The van der Waals surface area contributed by atoms with E-state index in [9.17, 15) is 19.2 Å². The second-order valence-electron chi connectivity index (χ2n) is 4.75. The van der Waals surface area contributed by atoms with Crippen molar-refractivity contribution in [3.8, 4) is 0 Å². The van der Waals surface area contributed by atoms with Crippen LogP contribution >= 0.6 is 0 Å². The Hall–Kier alpha value is -1.96. The lowest BCUT2D eigenvalue weighted by molar-refractivity contribution is -0.139. The zero-order chi connectivity index (χ0) is 16.8. The molecule has 0 aliphatic heterocycles. The van der Waals surface area contributed by atoms with E-state index >= 15 is 0 Å². The molecule has 126 valence electrons. The Morgan fingerprint density at radius 2 is 1.41 bits per heavy atom. The molecule has 3 N–H and O–H groups in total. The van der Waals surface area contributed by atoms with Crippen LogP contribution in [0.1, 0.15) is 44.9 Å². The number of carbonyl (C=O) groups excluding carboxylic acids is 2. The summed E-state index contributed by atoms with van der Waals surface area (Å²) in [5.41, 5.74) is 0. The van der Waals surface area contributed by atoms with Gasteiger partial charge in [0.2, 0.25) is 5.91 Å². The van der Waals surface area contributed by atoms with E-state index < -0.39 is 11.9 Å². The lowest BCUT2D eigenvalue weighted by Gasteiger charge is -2.06. The number of ketones is 1. The fourth-order valence-electron chi connectivity index (χ4n) is 1.57. The summed E-state index contributed by atoms with van der Waals surface area (Å²) >= 11 is 0. The number of aliphatic carboxylic acids is 2. The van der Waals surface area contributed by atoms with Crippen molar-refractivity contribution in [1.29, 1.82) is 0 Å². The van der Waals surface area contributed by atoms with Crippen molar-refractivity contribution < 1.29 is 34.1 Å². The maximum Gasteiger partial charge on any atom is 0.303 e. The maximum atomic E-state index is 11.3. The molecule has 0 fully saturated rings. The van der Waals surface area contributed by atoms with Crippen LogP contribution in [0.25, 0.3) is 0 Å². The number of carboxylic acid groups (broad SMARTS) is 2. The van der Waals surface area contributed by atoms with Crippen molar-refractivity contribution in [2.45, 2.75) is 44.9 Å². The lowest BCUT2D eigenvalue weighted by Crippen LogP contribution is -2.27. The number of amides is 1. The summed E-state index contributed by atoms with van der Waals surface area (Å²) in [4.78, 5) is 42.9. The minimum absolute atomic E-state index is 0.0478. The van der Waals surface area contributed by atoms with Crippen molar-refractivity contribution in [3.63, 3.8) is 0 Å². The van der Waals surface area contributed by atoms with Gasteiger partial charge in [0.05, 0.1) is 19.4 Å². The number of carboxylic acids is 2. The highest BCUT2D eigenvalue weighted by Gasteiger charge is 2.06. The van der Waals surface area contributed by atoms with Gasteiger partial charge < -0.3 is 20.3 Å². The smallest absolute Gasteiger partial charge is 0.303 e. The molecule has 8 nitrogen and oxygen atoms in total. The Bertz CT molecular complexity index is 345. The molecule has 0 spiro atoms. The van der Waals surface area contributed by atoms with Gasteiger partial charge in [0.15, 0.2) is 0 Å². The van der Waals surface area contributed by atoms with Gasteiger partial charge in [-0.25, -0.2) is 0 Å². The van der Waals surface area contributed by atoms with E-state index in [0.717, 1.165) is 0 Å². The lowest BCUT2D eigenvalue weighted by atomic mass is 10.1. The predicted molar refractivity (Wildman–Crippen MR) is 76.4 cm³/mol. The number of carbonyl (C=O) groups is 4. The van der Waals surface area contributed by atoms with Crippen molar-refractivity contribution in [1.82, 2.24) is 5.32 Å². The van der Waals surface area contributed by atoms with Crippen LogP contribution in [0.2, 0.25) is 0 Å². The van der Waals surface area contributed by atoms with E-state index in [-0.39, 0.29) is 37.4 Å². The number of Topliss-reactive ketones (excluding diaryl/α,β-unsaturated/α-hetero) is 1. The van der Waals surface area contributed by atoms with Crippen molar-refractivity contribution >= 4 is 23.6 Å². The molecule has 0 aromatic heterocycles. The standard InChI is InChI=1S/C14H23NO7/c16-11(4-6-13(18)19)3-1-2-9-22-10-8-15-12(17)5-7-14(20)21/h1-10H2,(H,15,17)(H,18,19)(H,20,21). The molecule has 8 heteroatoms. The second kappa shape index (κ2) is 12.8. The van der Waals surface area contributed by atoms with Crippen LogP contribution < -0.4 is 5.32 Å². The van der Waals surface area contributed by atoms with E-state index in [0.29, 0.717) is 39.0 Å². The van der Waals surface area contributed by atoms with Crippen LogP contribution in [0.15, 0.2) is 0 Å². The molecule has 0 bridgehead atoms. The molecule has 0 radical (unpaired) electrons. The molecule has 22 heavy (non-hydrogen) atoms. The molecular formula is C14H23NO7. The first kappa shape index (κ1) is 20.0. The van der Waals surface area contributed by atoms with Crippen LogP contribution in [0, 0.1) is 0 Å². The van der Waals surface area contributed by atoms with Crippen LogP contribution in [-0.2, 0) is 23.9 Å². The number of rotatable bonds is 14. The zero-order valence-electron chi connectivity index (χ0n) is 12.5. The fourth-order valence-corrected chi connectivity index (χ4v) is 1.57. The van der Waals surface area contributed by atoms with Crippen molar-refractivity contribution in [3.05, 3.63) is 0 Å². The Balaban J connectivity index is 3.33. The summed E-state index contributed by atoms with van der Waals surface area (Å²) in [7, 11) is 0. The third-order valence-corrected chi connectivity index (χ3v) is 2.75. The van der Waals surface area contributed by atoms with E-state index in [1.807, 2.05) is 0 Å². The molecule has 0 rings (SSSR count). The Morgan fingerprint density at radius 3 is 2.05 bits per heavy atom. The average Bonchev–Trinajstić information content (AvgIpc) is 2.45. The van der Waals surface area contributed by atoms with Gasteiger partial charge in [0.1, 0.15) is 5.78 Å². The zero-order valence-corrected chi connectivity index (χ0v) is 12.5. The van der Waals surface area contributed by atoms with Gasteiger partial charge in [-0.1, -0.05) is 0 Å². The van der Waals surface area contributed by atoms with Gasteiger partial charge in [0, 0.05) is 32.4 Å². The van der Waals surface area contributed by atoms with Gasteiger partial charge in [-0.05, 0) is 12.8 Å². The first-order valence-corrected chi connectivity index (χ1v) is 7.21. The van der Waals surface area contributed by atoms with Gasteiger partial charge in [-0.3, -0.25) is 19.2 Å². The number of nitrogens with one attached hydrogen (secondary N) is 1. The fraction of sp³-hybridized carbons (Fsp3) is 0.714. The minimum atomic E-state index is -1.01. The molecule has 0 saturated carbocycles. The Morgan fingerprint density at radius 1 is 0.773 bits per heavy atom. The quantitative estimate of drug-likeness (QED) is 0.400. The second-order valence-corrected chi connectivity index (χ2v) is 4.75. The average molecular weight is 317 g/mol. The van der Waals surface area contributed by atoms with Crippen molar-refractivity contribution in [2.75, 3.05) is 19.8 Å².